The minimum absolute atomic E-state index is 0.0431. The first-order chi connectivity index (χ1) is 18.7. The van der Waals surface area contributed by atoms with E-state index < -0.39 is 44.5 Å². The summed E-state index contributed by atoms with van der Waals surface area (Å²) in [4.78, 5) is 12.8. The van der Waals surface area contributed by atoms with Gasteiger partial charge in [0.2, 0.25) is 0 Å². The quantitative estimate of drug-likeness (QED) is 0.273. The average Bonchev–Trinajstić information content (AvgIpc) is 3.26. The number of carbonyl (C=O) groups is 1. The van der Waals surface area contributed by atoms with Crippen molar-refractivity contribution in [3.05, 3.63) is 95.7 Å². The van der Waals surface area contributed by atoms with E-state index in [2.05, 4.69) is 5.32 Å². The summed E-state index contributed by atoms with van der Waals surface area (Å²) in [5.74, 6) is 0. The maximum absolute atomic E-state index is 13.7. The number of benzene rings is 3. The van der Waals surface area contributed by atoms with Gasteiger partial charge in [0.25, 0.3) is 20.1 Å². The van der Waals surface area contributed by atoms with Gasteiger partial charge in [-0.05, 0) is 65.0 Å². The molecule has 212 valence electrons. The molecule has 11 heteroatoms. The summed E-state index contributed by atoms with van der Waals surface area (Å²) in [6, 6.07) is 18.3. The molecule has 3 aromatic carbocycles. The second-order valence-electron chi connectivity index (χ2n) is 10.5. The number of amides is 1. The average molecular weight is 585 g/mol. The summed E-state index contributed by atoms with van der Waals surface area (Å²) in [5, 5.41) is 3.16. The molecule has 1 atom stereocenters. The van der Waals surface area contributed by atoms with Crippen LogP contribution in [0.25, 0.3) is 10.9 Å². The van der Waals surface area contributed by atoms with Crippen molar-refractivity contribution in [3.8, 4) is 0 Å². The van der Waals surface area contributed by atoms with Gasteiger partial charge in [0.1, 0.15) is 5.60 Å². The highest BCUT2D eigenvalue weighted by atomic mass is 32.2. The summed E-state index contributed by atoms with van der Waals surface area (Å²) in [5.41, 5.74) is 1.66. The van der Waals surface area contributed by atoms with Crippen LogP contribution >= 0.6 is 0 Å². The van der Waals surface area contributed by atoms with E-state index in [1.54, 1.807) is 69.3 Å². The minimum Gasteiger partial charge on any atom is -0.444 e. The van der Waals surface area contributed by atoms with E-state index in [9.17, 15) is 21.6 Å². The van der Waals surface area contributed by atoms with Gasteiger partial charge in [-0.3, -0.25) is 4.18 Å². The molecule has 0 unspecified atom stereocenters. The van der Waals surface area contributed by atoms with Crippen LogP contribution in [0.3, 0.4) is 0 Å². The Kier molecular flexibility index (Phi) is 8.11. The fourth-order valence-electron chi connectivity index (χ4n) is 4.07. The summed E-state index contributed by atoms with van der Waals surface area (Å²) in [7, 11) is -8.22. The molecule has 1 amide bonds. The molecule has 1 aromatic heterocycles. The first-order valence-corrected chi connectivity index (χ1v) is 15.4. The highest BCUT2D eigenvalue weighted by molar-refractivity contribution is 7.90. The lowest BCUT2D eigenvalue weighted by atomic mass is 10.1. The highest BCUT2D eigenvalue weighted by Gasteiger charge is 2.29. The zero-order valence-corrected chi connectivity index (χ0v) is 24.5. The third kappa shape index (κ3) is 6.55. The zero-order chi connectivity index (χ0) is 29.3. The lowest BCUT2D eigenvalue weighted by Gasteiger charge is -2.23. The maximum atomic E-state index is 13.7. The number of hydrogen-bond donors (Lipinski definition) is 1. The Balaban J connectivity index is 1.78. The summed E-state index contributed by atoms with van der Waals surface area (Å²) in [6.07, 6.45) is 0.566. The minimum atomic E-state index is -4.19. The van der Waals surface area contributed by atoms with E-state index in [0.717, 1.165) is 15.1 Å². The fourth-order valence-corrected chi connectivity index (χ4v) is 6.36. The van der Waals surface area contributed by atoms with Crippen molar-refractivity contribution < 1.29 is 30.6 Å². The van der Waals surface area contributed by atoms with Crippen LogP contribution in [0.1, 0.15) is 43.5 Å². The normalized spacial score (nSPS) is 13.2. The van der Waals surface area contributed by atoms with Crippen molar-refractivity contribution in [2.75, 3.05) is 6.61 Å². The van der Waals surface area contributed by atoms with Gasteiger partial charge in [0, 0.05) is 17.1 Å². The van der Waals surface area contributed by atoms with Gasteiger partial charge in [-0.2, -0.15) is 8.42 Å². The predicted molar refractivity (Wildman–Crippen MR) is 152 cm³/mol. The van der Waals surface area contributed by atoms with Crippen molar-refractivity contribution in [2.45, 2.75) is 56.1 Å². The molecule has 0 bridgehead atoms. The molecule has 0 aliphatic carbocycles. The van der Waals surface area contributed by atoms with Crippen molar-refractivity contribution in [2.24, 2.45) is 0 Å². The van der Waals surface area contributed by atoms with Crippen LogP contribution in [-0.2, 0) is 29.1 Å². The van der Waals surface area contributed by atoms with Crippen molar-refractivity contribution >= 4 is 37.1 Å². The predicted octanol–water partition coefficient (Wildman–Crippen LogP) is 5.47. The van der Waals surface area contributed by atoms with Crippen LogP contribution < -0.4 is 5.32 Å². The molecule has 1 N–H and O–H groups in total. The van der Waals surface area contributed by atoms with E-state index in [-0.39, 0.29) is 9.79 Å². The number of carbonyl (C=O) groups excluding carboxylic acids is 1. The number of aryl methyl sites for hydroxylation is 2. The van der Waals surface area contributed by atoms with E-state index in [4.69, 9.17) is 8.92 Å². The van der Waals surface area contributed by atoms with E-state index in [0.29, 0.717) is 16.5 Å². The second kappa shape index (κ2) is 11.1. The number of nitrogens with zero attached hydrogens (tertiary/aromatic N) is 1. The third-order valence-corrected chi connectivity index (χ3v) is 9.04. The smallest absolute Gasteiger partial charge is 0.408 e. The van der Waals surface area contributed by atoms with Gasteiger partial charge in [0.15, 0.2) is 0 Å². The number of rotatable bonds is 8. The van der Waals surface area contributed by atoms with Gasteiger partial charge in [0.05, 0.1) is 28.0 Å². The Morgan fingerprint density at radius 2 is 1.40 bits per heavy atom. The Bertz CT molecular complexity index is 1730. The Morgan fingerprint density at radius 1 is 0.850 bits per heavy atom. The number of aromatic nitrogens is 1. The van der Waals surface area contributed by atoms with Crippen LogP contribution in [0.15, 0.2) is 88.8 Å². The van der Waals surface area contributed by atoms with E-state index in [1.807, 2.05) is 13.8 Å². The van der Waals surface area contributed by atoms with Crippen LogP contribution in [0.5, 0.6) is 0 Å². The number of ether oxygens (including phenoxy) is 1. The molecule has 1 heterocycles. The van der Waals surface area contributed by atoms with Crippen molar-refractivity contribution in [1.29, 1.82) is 0 Å². The molecule has 40 heavy (non-hydrogen) atoms. The molecular weight excluding hydrogens is 552 g/mol. The number of nitrogens with one attached hydrogen (secondary N) is 1. The lowest BCUT2D eigenvalue weighted by molar-refractivity contribution is 0.0488. The molecular formula is C29H32N2O7S2. The van der Waals surface area contributed by atoms with Gasteiger partial charge < -0.3 is 10.1 Å². The monoisotopic (exact) mass is 584 g/mol. The first kappa shape index (κ1) is 29.3. The second-order valence-corrected chi connectivity index (χ2v) is 13.9. The van der Waals surface area contributed by atoms with Crippen LogP contribution in [0.4, 0.5) is 4.79 Å². The molecule has 0 fully saturated rings. The molecule has 9 nitrogen and oxygen atoms in total. The molecule has 0 spiro atoms. The van der Waals surface area contributed by atoms with Crippen LogP contribution in [0, 0.1) is 13.8 Å². The van der Waals surface area contributed by atoms with Crippen molar-refractivity contribution in [1.82, 2.24) is 9.29 Å². The highest BCUT2D eigenvalue weighted by Crippen LogP contribution is 2.31. The van der Waals surface area contributed by atoms with Gasteiger partial charge >= 0.3 is 6.09 Å². The molecule has 0 saturated carbocycles. The molecule has 0 radical (unpaired) electrons. The van der Waals surface area contributed by atoms with E-state index in [1.165, 1.54) is 30.5 Å². The number of hydrogen-bond acceptors (Lipinski definition) is 7. The zero-order valence-electron chi connectivity index (χ0n) is 22.9. The standard InChI is InChI=1S/C29H32N2O7S2/c1-20-10-14-22(15-11-20)39(33,34)31-18-25(24-8-6-7-9-27(24)31)26(30-28(32)38-29(3,4)5)19-37-40(35,36)23-16-12-21(2)13-17-23/h6-18,26H,19H2,1-5H3,(H,30,32)/t26-/m0/s1. The topological polar surface area (TPSA) is 121 Å². The number of alkyl carbamates (subject to hydrolysis) is 1. The molecule has 0 saturated heterocycles. The molecule has 4 rings (SSSR count). The van der Waals surface area contributed by atoms with Crippen LogP contribution in [0.2, 0.25) is 0 Å². The first-order valence-electron chi connectivity index (χ1n) is 12.6. The number of fused-ring (bicyclic) bond motifs is 1. The molecule has 0 aliphatic heterocycles. The lowest BCUT2D eigenvalue weighted by Crippen LogP contribution is -2.37. The molecule has 0 aliphatic rings. The van der Waals surface area contributed by atoms with E-state index >= 15 is 0 Å². The number of para-hydroxylation sites is 1. The molecule has 4 aromatic rings. The summed E-state index contributed by atoms with van der Waals surface area (Å²) >= 11 is 0. The third-order valence-electron chi connectivity index (χ3n) is 6.05. The SMILES string of the molecule is Cc1ccc(S(=O)(=O)OC[C@H](NC(=O)OC(C)(C)C)c2cn(S(=O)(=O)c3ccc(C)cc3)c3ccccc23)cc1. The maximum Gasteiger partial charge on any atom is 0.408 e. The van der Waals surface area contributed by atoms with Gasteiger partial charge in [-0.1, -0.05) is 53.6 Å². The van der Waals surface area contributed by atoms with Crippen molar-refractivity contribution in [3.63, 3.8) is 0 Å². The Morgan fingerprint density at radius 3 is 1.98 bits per heavy atom. The Labute approximate surface area is 234 Å². The fraction of sp³-hybridized carbons (Fsp3) is 0.276. The Hall–Kier alpha value is -3.67. The van der Waals surface area contributed by atoms with Gasteiger partial charge in [-0.15, -0.1) is 0 Å². The summed E-state index contributed by atoms with van der Waals surface area (Å²) < 4.78 is 65.2. The van der Waals surface area contributed by atoms with Gasteiger partial charge in [-0.25, -0.2) is 17.2 Å². The van der Waals surface area contributed by atoms with Crippen LogP contribution in [-0.4, -0.2) is 39.1 Å². The summed E-state index contributed by atoms with van der Waals surface area (Å²) in [6.45, 7) is 8.27. The largest absolute Gasteiger partial charge is 0.444 e.